The third kappa shape index (κ3) is 3.52. The smallest absolute Gasteiger partial charge is 0.318 e. The van der Waals surface area contributed by atoms with Gasteiger partial charge < -0.3 is 10.2 Å². The molecule has 0 radical (unpaired) electrons. The lowest BCUT2D eigenvalue weighted by atomic mass is 9.87. The van der Waals surface area contributed by atoms with Crippen LogP contribution in [0.25, 0.3) is 0 Å². The average Bonchev–Trinajstić information content (AvgIpc) is 3.31. The quantitative estimate of drug-likeness (QED) is 0.911. The topological polar surface area (TPSA) is 63.1 Å². The Labute approximate surface area is 148 Å². The number of amides is 2. The van der Waals surface area contributed by atoms with Crippen molar-refractivity contribution in [3.8, 4) is 0 Å². The van der Waals surface area contributed by atoms with Gasteiger partial charge in [-0.3, -0.25) is 4.68 Å². The van der Waals surface area contributed by atoms with Gasteiger partial charge in [-0.25, -0.2) is 9.78 Å². The van der Waals surface area contributed by atoms with E-state index in [9.17, 15) is 4.79 Å². The molecule has 0 bridgehead atoms. The van der Waals surface area contributed by atoms with Crippen LogP contribution in [0.4, 0.5) is 4.79 Å². The Morgan fingerprint density at radius 2 is 2.20 bits per heavy atom. The van der Waals surface area contributed by atoms with E-state index in [1.807, 2.05) is 6.92 Å². The summed E-state index contributed by atoms with van der Waals surface area (Å²) in [5.41, 5.74) is 2.73. The Balaban J connectivity index is 1.49. The number of fused-ring (bicyclic) bond motifs is 1. The van der Waals surface area contributed by atoms with Gasteiger partial charge >= 0.3 is 6.03 Å². The maximum Gasteiger partial charge on any atom is 0.318 e. The van der Waals surface area contributed by atoms with Crippen LogP contribution in [0.1, 0.15) is 49.8 Å². The second-order valence-electron chi connectivity index (χ2n) is 7.21. The van der Waals surface area contributed by atoms with Crippen LogP contribution >= 0.6 is 0 Å². The minimum Gasteiger partial charge on any atom is -0.334 e. The molecule has 6 nitrogen and oxygen atoms in total. The maximum atomic E-state index is 13.0. The highest BCUT2D eigenvalue weighted by Gasteiger charge is 2.39. The van der Waals surface area contributed by atoms with Crippen LogP contribution in [0, 0.1) is 0 Å². The summed E-state index contributed by atoms with van der Waals surface area (Å²) in [6.45, 7) is 2.64. The van der Waals surface area contributed by atoms with Gasteiger partial charge in [0, 0.05) is 12.1 Å². The van der Waals surface area contributed by atoms with Gasteiger partial charge in [0.25, 0.3) is 0 Å². The zero-order valence-corrected chi connectivity index (χ0v) is 14.6. The lowest BCUT2D eigenvalue weighted by Gasteiger charge is -2.36. The van der Waals surface area contributed by atoms with Gasteiger partial charge in [0.05, 0.1) is 12.6 Å². The van der Waals surface area contributed by atoms with E-state index in [1.165, 1.54) is 17.5 Å². The lowest BCUT2D eigenvalue weighted by Crippen LogP contribution is -2.48. The van der Waals surface area contributed by atoms with Crippen molar-refractivity contribution in [2.75, 3.05) is 0 Å². The summed E-state index contributed by atoms with van der Waals surface area (Å²) in [5, 5.41) is 7.28. The van der Waals surface area contributed by atoms with E-state index < -0.39 is 0 Å². The number of rotatable bonds is 5. The van der Waals surface area contributed by atoms with Gasteiger partial charge in [-0.05, 0) is 50.2 Å². The number of nitrogens with one attached hydrogen (secondary N) is 1. The highest BCUT2D eigenvalue weighted by atomic mass is 16.2. The summed E-state index contributed by atoms with van der Waals surface area (Å²) in [6, 6.07) is 9.24. The number of aromatic nitrogens is 3. The molecule has 25 heavy (non-hydrogen) atoms. The van der Waals surface area contributed by atoms with E-state index in [4.69, 9.17) is 0 Å². The molecule has 2 atom stereocenters. The maximum absolute atomic E-state index is 13.0. The van der Waals surface area contributed by atoms with E-state index in [1.54, 1.807) is 11.0 Å². The van der Waals surface area contributed by atoms with Crippen LogP contribution in [0.15, 0.2) is 36.9 Å². The van der Waals surface area contributed by atoms with Gasteiger partial charge in [0.2, 0.25) is 0 Å². The molecule has 1 aromatic heterocycles. The fourth-order valence-corrected chi connectivity index (χ4v) is 3.87. The minimum atomic E-state index is 0.00860. The van der Waals surface area contributed by atoms with E-state index >= 15 is 0 Å². The molecule has 4 rings (SSSR count). The molecule has 1 N–H and O–H groups in total. The summed E-state index contributed by atoms with van der Waals surface area (Å²) in [5.74, 6) is 0. The molecular weight excluding hydrogens is 314 g/mol. The van der Waals surface area contributed by atoms with Crippen molar-refractivity contribution in [2.45, 2.75) is 63.7 Å². The van der Waals surface area contributed by atoms with Crippen LogP contribution in [-0.2, 0) is 13.0 Å². The van der Waals surface area contributed by atoms with Crippen molar-refractivity contribution in [1.29, 1.82) is 0 Å². The Kier molecular flexibility index (Phi) is 4.42. The normalized spacial score (nSPS) is 20.6. The molecule has 2 amide bonds. The van der Waals surface area contributed by atoms with Crippen LogP contribution in [0.3, 0.4) is 0 Å². The van der Waals surface area contributed by atoms with Crippen LogP contribution in [0.2, 0.25) is 0 Å². The highest BCUT2D eigenvalue weighted by molar-refractivity contribution is 5.76. The Bertz CT molecular complexity index is 725. The Hall–Kier alpha value is -2.37. The minimum absolute atomic E-state index is 0.00860. The largest absolute Gasteiger partial charge is 0.334 e. The van der Waals surface area contributed by atoms with Gasteiger partial charge in [0.15, 0.2) is 0 Å². The fourth-order valence-electron chi connectivity index (χ4n) is 3.87. The standard InChI is InChI=1S/C19H25N5O/c1-14(11-23-13-20-12-21-23)22-19(25)24(16-9-10-16)18-8-4-6-15-5-2-3-7-17(15)18/h2-3,5,7,12-14,16,18H,4,6,8-11H2,1H3,(H,22,25)/t14-,18+/m1/s1. The molecule has 1 fully saturated rings. The summed E-state index contributed by atoms with van der Waals surface area (Å²) < 4.78 is 1.75. The molecule has 1 heterocycles. The molecule has 1 saturated carbocycles. The van der Waals surface area contributed by atoms with E-state index in [0.717, 1.165) is 32.1 Å². The van der Waals surface area contributed by atoms with Crippen LogP contribution in [-0.4, -0.2) is 37.8 Å². The predicted octanol–water partition coefficient (Wildman–Crippen LogP) is 2.92. The molecule has 132 valence electrons. The van der Waals surface area contributed by atoms with Crippen molar-refractivity contribution in [2.24, 2.45) is 0 Å². The third-order valence-corrected chi connectivity index (χ3v) is 5.15. The Morgan fingerprint density at radius 1 is 1.36 bits per heavy atom. The molecule has 0 aliphatic heterocycles. The number of carbonyl (C=O) groups excluding carboxylic acids is 1. The van der Waals surface area contributed by atoms with Crippen molar-refractivity contribution < 1.29 is 4.79 Å². The number of hydrogen-bond donors (Lipinski definition) is 1. The first-order chi connectivity index (χ1) is 12.2. The monoisotopic (exact) mass is 339 g/mol. The summed E-state index contributed by atoms with van der Waals surface area (Å²) in [6.07, 6.45) is 8.75. The first-order valence-corrected chi connectivity index (χ1v) is 9.21. The molecule has 0 saturated heterocycles. The molecule has 0 unspecified atom stereocenters. The molecule has 2 aliphatic carbocycles. The van der Waals surface area contributed by atoms with E-state index in [0.29, 0.717) is 12.6 Å². The number of hydrogen-bond acceptors (Lipinski definition) is 3. The van der Waals surface area contributed by atoms with Crippen molar-refractivity contribution in [3.05, 3.63) is 48.0 Å². The fraction of sp³-hybridized carbons (Fsp3) is 0.526. The van der Waals surface area contributed by atoms with Gasteiger partial charge in [-0.1, -0.05) is 24.3 Å². The zero-order valence-electron chi connectivity index (χ0n) is 14.6. The number of aryl methyl sites for hydroxylation is 1. The van der Waals surface area contributed by atoms with E-state index in [-0.39, 0.29) is 18.1 Å². The SMILES string of the molecule is C[C@H](Cn1cncn1)NC(=O)N(C1CC1)[C@H]1CCCc2ccccc21. The second-order valence-corrected chi connectivity index (χ2v) is 7.21. The first-order valence-electron chi connectivity index (χ1n) is 9.21. The van der Waals surface area contributed by atoms with Gasteiger partial charge in [0.1, 0.15) is 12.7 Å². The van der Waals surface area contributed by atoms with Crippen molar-refractivity contribution in [1.82, 2.24) is 25.0 Å². The van der Waals surface area contributed by atoms with E-state index in [2.05, 4.69) is 44.6 Å². The summed E-state index contributed by atoms with van der Waals surface area (Å²) >= 11 is 0. The third-order valence-electron chi connectivity index (χ3n) is 5.15. The van der Waals surface area contributed by atoms with Crippen molar-refractivity contribution >= 4 is 6.03 Å². The lowest BCUT2D eigenvalue weighted by molar-refractivity contribution is 0.158. The molecule has 2 aromatic rings. The second kappa shape index (κ2) is 6.86. The highest BCUT2D eigenvalue weighted by Crippen LogP contribution is 2.40. The van der Waals surface area contributed by atoms with Gasteiger partial charge in [-0.15, -0.1) is 0 Å². The Morgan fingerprint density at radius 3 is 2.96 bits per heavy atom. The summed E-state index contributed by atoms with van der Waals surface area (Å²) in [7, 11) is 0. The number of carbonyl (C=O) groups is 1. The average molecular weight is 339 g/mol. The predicted molar refractivity (Wildman–Crippen MR) is 95.0 cm³/mol. The van der Waals surface area contributed by atoms with Crippen LogP contribution in [0.5, 0.6) is 0 Å². The van der Waals surface area contributed by atoms with Gasteiger partial charge in [-0.2, -0.15) is 5.10 Å². The van der Waals surface area contributed by atoms with Crippen LogP contribution < -0.4 is 5.32 Å². The molecule has 0 spiro atoms. The molecular formula is C19H25N5O. The number of nitrogens with zero attached hydrogens (tertiary/aromatic N) is 4. The number of urea groups is 1. The molecule has 1 aromatic carbocycles. The number of benzene rings is 1. The van der Waals surface area contributed by atoms with Crippen molar-refractivity contribution in [3.63, 3.8) is 0 Å². The summed E-state index contributed by atoms with van der Waals surface area (Å²) in [4.78, 5) is 19.1. The first kappa shape index (κ1) is 16.1. The molecule has 6 heteroatoms. The zero-order chi connectivity index (χ0) is 17.2. The molecule has 2 aliphatic rings.